The van der Waals surface area contributed by atoms with E-state index in [1.54, 1.807) is 54.6 Å². The molecular weight excluding hydrogens is 470 g/mol. The van der Waals surface area contributed by atoms with Gasteiger partial charge in [0.1, 0.15) is 11.5 Å². The Morgan fingerprint density at radius 1 is 1.06 bits per heavy atom. The van der Waals surface area contributed by atoms with Gasteiger partial charge in [0, 0.05) is 16.3 Å². The van der Waals surface area contributed by atoms with Crippen LogP contribution in [-0.2, 0) is 9.59 Å². The largest absolute Gasteiger partial charge is 0.507 e. The van der Waals surface area contributed by atoms with Crippen molar-refractivity contribution in [1.82, 2.24) is 0 Å². The zero-order chi connectivity index (χ0) is 25.1. The Morgan fingerprint density at radius 3 is 2.43 bits per heavy atom. The van der Waals surface area contributed by atoms with Gasteiger partial charge in [-0.3, -0.25) is 14.5 Å². The second-order valence-electron chi connectivity index (χ2n) is 7.95. The Bertz CT molecular complexity index is 1300. The minimum Gasteiger partial charge on any atom is -0.507 e. The zero-order valence-electron chi connectivity index (χ0n) is 19.2. The summed E-state index contributed by atoms with van der Waals surface area (Å²) in [5.41, 5.74) is 1.02. The minimum atomic E-state index is -1.01. The summed E-state index contributed by atoms with van der Waals surface area (Å²) in [5, 5.41) is 22.0. The molecule has 1 aliphatic rings. The lowest BCUT2D eigenvalue weighted by atomic mass is 9.94. The number of hydrogen-bond acceptors (Lipinski definition) is 6. The van der Waals surface area contributed by atoms with Gasteiger partial charge < -0.3 is 19.7 Å². The van der Waals surface area contributed by atoms with Gasteiger partial charge in [-0.05, 0) is 66.6 Å². The number of phenolic OH excluding ortho intramolecular Hbond substituents is 1. The predicted molar refractivity (Wildman–Crippen MR) is 133 cm³/mol. The number of benzene rings is 3. The number of halogens is 1. The number of nitrogens with zero attached hydrogens (tertiary/aromatic N) is 1. The van der Waals surface area contributed by atoms with Crippen LogP contribution in [-0.4, -0.2) is 35.6 Å². The quantitative estimate of drug-likeness (QED) is 0.257. The molecule has 1 aliphatic heterocycles. The third-order valence-electron chi connectivity index (χ3n) is 5.65. The molecular formula is C27H24ClNO6. The van der Waals surface area contributed by atoms with E-state index in [0.29, 0.717) is 34.2 Å². The molecule has 2 N–H and O–H groups in total. The number of methoxy groups -OCH3 is 1. The summed E-state index contributed by atoms with van der Waals surface area (Å²) in [6.07, 6.45) is 0.851. The van der Waals surface area contributed by atoms with Crippen molar-refractivity contribution in [3.63, 3.8) is 0 Å². The molecule has 0 aliphatic carbocycles. The number of hydrogen-bond donors (Lipinski definition) is 2. The summed E-state index contributed by atoms with van der Waals surface area (Å²) in [6, 6.07) is 16.7. The number of anilines is 1. The second-order valence-corrected chi connectivity index (χ2v) is 8.39. The molecule has 1 unspecified atom stereocenters. The van der Waals surface area contributed by atoms with E-state index < -0.39 is 17.7 Å². The summed E-state index contributed by atoms with van der Waals surface area (Å²) < 4.78 is 10.7. The zero-order valence-corrected chi connectivity index (χ0v) is 20.0. The van der Waals surface area contributed by atoms with Gasteiger partial charge in [0.05, 0.1) is 25.3 Å². The van der Waals surface area contributed by atoms with E-state index in [-0.39, 0.29) is 22.8 Å². The van der Waals surface area contributed by atoms with Crippen molar-refractivity contribution in [2.24, 2.45) is 0 Å². The molecule has 0 saturated carbocycles. The topological polar surface area (TPSA) is 96.3 Å². The van der Waals surface area contributed by atoms with Crippen LogP contribution in [0.1, 0.15) is 30.5 Å². The van der Waals surface area contributed by atoms with Crippen LogP contribution >= 0.6 is 11.6 Å². The molecule has 1 atom stereocenters. The number of carbonyl (C=O) groups excluding carboxylic acids is 2. The first-order chi connectivity index (χ1) is 16.8. The first-order valence-corrected chi connectivity index (χ1v) is 11.4. The van der Waals surface area contributed by atoms with Crippen molar-refractivity contribution >= 4 is 34.7 Å². The van der Waals surface area contributed by atoms with Gasteiger partial charge in [0.15, 0.2) is 11.5 Å². The molecule has 8 heteroatoms. The molecule has 4 rings (SSSR count). The summed E-state index contributed by atoms with van der Waals surface area (Å²) >= 11 is 6.16. The average Bonchev–Trinajstić information content (AvgIpc) is 3.13. The number of rotatable bonds is 7. The first kappa shape index (κ1) is 24.2. The smallest absolute Gasteiger partial charge is 0.300 e. The Hall–Kier alpha value is -3.97. The molecule has 35 heavy (non-hydrogen) atoms. The molecule has 0 aromatic heterocycles. The maximum Gasteiger partial charge on any atom is 0.300 e. The number of aliphatic hydroxyl groups is 1. The highest BCUT2D eigenvalue weighted by Crippen LogP contribution is 2.44. The van der Waals surface area contributed by atoms with E-state index in [1.165, 1.54) is 24.1 Å². The molecule has 180 valence electrons. The van der Waals surface area contributed by atoms with E-state index >= 15 is 0 Å². The number of amides is 1. The number of ether oxygens (including phenoxy) is 2. The van der Waals surface area contributed by atoms with Crippen molar-refractivity contribution < 1.29 is 29.3 Å². The number of carbonyl (C=O) groups is 2. The molecule has 3 aromatic carbocycles. The SMILES string of the molecule is CCCOc1ccc(/C(O)=C2/C(=O)C(=O)N(c3cccc(Cl)c3)C2c2ccc(OC)c(O)c2)cc1. The average molecular weight is 494 g/mol. The molecule has 1 amide bonds. The van der Waals surface area contributed by atoms with Gasteiger partial charge >= 0.3 is 0 Å². The lowest BCUT2D eigenvalue weighted by molar-refractivity contribution is -0.132. The fourth-order valence-corrected chi connectivity index (χ4v) is 4.19. The standard InChI is InChI=1S/C27H24ClNO6/c1-3-13-35-20-10-7-16(8-11-20)25(31)23-24(17-9-12-22(34-2)21(30)14-17)29(27(33)26(23)32)19-6-4-5-18(28)15-19/h4-12,14-15,24,30-31H,3,13H2,1-2H3/b25-23-. The Kier molecular flexibility index (Phi) is 6.98. The first-order valence-electron chi connectivity index (χ1n) is 11.0. The molecule has 0 bridgehead atoms. The van der Waals surface area contributed by atoms with Crippen LogP contribution in [0.15, 0.2) is 72.3 Å². The van der Waals surface area contributed by atoms with Crippen molar-refractivity contribution in [3.05, 3.63) is 88.5 Å². The van der Waals surface area contributed by atoms with E-state index in [4.69, 9.17) is 21.1 Å². The van der Waals surface area contributed by atoms with Crippen molar-refractivity contribution in [2.75, 3.05) is 18.6 Å². The summed E-state index contributed by atoms with van der Waals surface area (Å²) in [4.78, 5) is 27.7. The van der Waals surface area contributed by atoms with Crippen LogP contribution in [0, 0.1) is 0 Å². The van der Waals surface area contributed by atoms with Crippen LogP contribution in [0.5, 0.6) is 17.2 Å². The Labute approximate surface area is 207 Å². The Balaban J connectivity index is 1.87. The highest BCUT2D eigenvalue weighted by atomic mass is 35.5. The van der Waals surface area contributed by atoms with E-state index in [2.05, 4.69) is 0 Å². The predicted octanol–water partition coefficient (Wildman–Crippen LogP) is 5.47. The van der Waals surface area contributed by atoms with E-state index in [9.17, 15) is 19.8 Å². The lowest BCUT2D eigenvalue weighted by Gasteiger charge is -2.26. The molecule has 3 aromatic rings. The van der Waals surface area contributed by atoms with Gasteiger partial charge in [0.25, 0.3) is 11.7 Å². The maximum atomic E-state index is 13.2. The second kappa shape index (κ2) is 10.1. The van der Waals surface area contributed by atoms with Crippen LogP contribution in [0.3, 0.4) is 0 Å². The molecule has 1 heterocycles. The monoisotopic (exact) mass is 493 g/mol. The van der Waals surface area contributed by atoms with Gasteiger partial charge in [-0.25, -0.2) is 0 Å². The lowest BCUT2D eigenvalue weighted by Crippen LogP contribution is -2.29. The Morgan fingerprint density at radius 2 is 1.80 bits per heavy atom. The summed E-state index contributed by atoms with van der Waals surface area (Å²) in [7, 11) is 1.42. The number of aliphatic hydroxyl groups excluding tert-OH is 1. The maximum absolute atomic E-state index is 13.2. The van der Waals surface area contributed by atoms with Crippen LogP contribution in [0.25, 0.3) is 5.76 Å². The molecule has 0 spiro atoms. The van der Waals surface area contributed by atoms with Crippen LogP contribution < -0.4 is 14.4 Å². The number of aromatic hydroxyl groups is 1. The normalized spacial score (nSPS) is 17.0. The minimum absolute atomic E-state index is 0.109. The van der Waals surface area contributed by atoms with Crippen molar-refractivity contribution in [3.8, 4) is 17.2 Å². The van der Waals surface area contributed by atoms with Crippen LogP contribution in [0.4, 0.5) is 5.69 Å². The molecule has 1 fully saturated rings. The van der Waals surface area contributed by atoms with Gasteiger partial charge in [0.2, 0.25) is 0 Å². The number of ketones is 1. The van der Waals surface area contributed by atoms with Gasteiger partial charge in [-0.2, -0.15) is 0 Å². The van der Waals surface area contributed by atoms with E-state index in [0.717, 1.165) is 6.42 Å². The van der Waals surface area contributed by atoms with Crippen LogP contribution in [0.2, 0.25) is 5.02 Å². The molecule has 1 saturated heterocycles. The number of Topliss-reactive ketones (excluding diaryl/α,β-unsaturated/α-hetero) is 1. The highest BCUT2D eigenvalue weighted by Gasteiger charge is 2.47. The van der Waals surface area contributed by atoms with Gasteiger partial charge in [-0.15, -0.1) is 0 Å². The highest BCUT2D eigenvalue weighted by molar-refractivity contribution is 6.51. The van der Waals surface area contributed by atoms with Crippen molar-refractivity contribution in [1.29, 1.82) is 0 Å². The third kappa shape index (κ3) is 4.68. The fourth-order valence-electron chi connectivity index (χ4n) is 4.00. The van der Waals surface area contributed by atoms with E-state index in [1.807, 2.05) is 6.92 Å². The van der Waals surface area contributed by atoms with Crippen molar-refractivity contribution in [2.45, 2.75) is 19.4 Å². The fraction of sp³-hybridized carbons (Fsp3) is 0.185. The summed E-state index contributed by atoms with van der Waals surface area (Å²) in [5.74, 6) is -1.32. The summed E-state index contributed by atoms with van der Waals surface area (Å²) in [6.45, 7) is 2.55. The third-order valence-corrected chi connectivity index (χ3v) is 5.89. The molecule has 7 nitrogen and oxygen atoms in total. The molecule has 0 radical (unpaired) electrons. The van der Waals surface area contributed by atoms with Gasteiger partial charge in [-0.1, -0.05) is 30.7 Å². The number of phenols is 1.